The summed E-state index contributed by atoms with van der Waals surface area (Å²) in [5.41, 5.74) is 0. The van der Waals surface area contributed by atoms with Crippen LogP contribution in [0.25, 0.3) is 0 Å². The first-order valence-corrected chi connectivity index (χ1v) is 17.4. The Morgan fingerprint density at radius 1 is 0.333 bits per heavy atom. The maximum atomic E-state index is 10.3. The zero-order valence-corrected chi connectivity index (χ0v) is 27.2. The van der Waals surface area contributed by atoms with Crippen molar-refractivity contribution < 1.29 is 19.8 Å². The molecule has 0 aliphatic carbocycles. The summed E-state index contributed by atoms with van der Waals surface area (Å²) in [4.78, 5) is 20.6. The van der Waals surface area contributed by atoms with Crippen molar-refractivity contribution in [2.75, 3.05) is 0 Å². The number of aliphatic carboxylic acids is 2. The topological polar surface area (TPSA) is 74.6 Å². The van der Waals surface area contributed by atoms with Gasteiger partial charge in [-0.1, -0.05) is 188 Å². The van der Waals surface area contributed by atoms with Gasteiger partial charge in [-0.15, -0.1) is 0 Å². The van der Waals surface area contributed by atoms with E-state index in [2.05, 4.69) is 27.7 Å². The zero-order chi connectivity index (χ0) is 29.7. The van der Waals surface area contributed by atoms with E-state index in [0.717, 1.165) is 25.7 Å². The van der Waals surface area contributed by atoms with E-state index in [1.54, 1.807) is 0 Å². The van der Waals surface area contributed by atoms with Gasteiger partial charge < -0.3 is 10.2 Å². The predicted molar refractivity (Wildman–Crippen MR) is 172 cm³/mol. The van der Waals surface area contributed by atoms with Crippen molar-refractivity contribution in [2.24, 2.45) is 0 Å². The molecule has 0 saturated carbocycles. The fourth-order valence-electron chi connectivity index (χ4n) is 4.59. The molecule has 0 unspecified atom stereocenters. The second kappa shape index (κ2) is 41.4. The van der Waals surface area contributed by atoms with Crippen LogP contribution in [0.4, 0.5) is 0 Å². The van der Waals surface area contributed by atoms with Gasteiger partial charge in [-0.2, -0.15) is 0 Å². The van der Waals surface area contributed by atoms with Crippen LogP contribution < -0.4 is 0 Å². The third kappa shape index (κ3) is 53.8. The molecule has 2 N–H and O–H groups in total. The van der Waals surface area contributed by atoms with E-state index in [-0.39, 0.29) is 0 Å². The minimum absolute atomic E-state index is 0.345. The van der Waals surface area contributed by atoms with Crippen molar-refractivity contribution >= 4 is 11.9 Å². The summed E-state index contributed by atoms with van der Waals surface area (Å²) in [7, 11) is 0. The highest BCUT2D eigenvalue weighted by Crippen LogP contribution is 2.14. The molecule has 4 heteroatoms. The van der Waals surface area contributed by atoms with Crippen LogP contribution in [0.5, 0.6) is 0 Å². The summed E-state index contributed by atoms with van der Waals surface area (Å²) in [5, 5.41) is 17.0. The molecule has 4 nitrogen and oxygen atoms in total. The van der Waals surface area contributed by atoms with Crippen LogP contribution in [0.15, 0.2) is 0 Å². The molecule has 0 heterocycles. The Morgan fingerprint density at radius 2 is 0.487 bits per heavy atom. The average Bonchev–Trinajstić information content (AvgIpc) is 2.90. The lowest BCUT2D eigenvalue weighted by Gasteiger charge is -2.02. The van der Waals surface area contributed by atoms with Gasteiger partial charge in [-0.3, -0.25) is 9.59 Å². The zero-order valence-electron chi connectivity index (χ0n) is 27.2. The highest BCUT2D eigenvalue weighted by atomic mass is 16.4. The molecule has 0 aromatic carbocycles. The first kappa shape index (κ1) is 42.4. The maximum absolute atomic E-state index is 10.3. The molecule has 0 radical (unpaired) electrons. The van der Waals surface area contributed by atoms with E-state index in [0.29, 0.717) is 12.8 Å². The van der Waals surface area contributed by atoms with Crippen LogP contribution in [0, 0.1) is 0 Å². The molecular weight excluding hydrogens is 484 g/mol. The minimum atomic E-state index is -0.655. The van der Waals surface area contributed by atoms with E-state index in [9.17, 15) is 9.59 Å². The fourth-order valence-corrected chi connectivity index (χ4v) is 4.59. The molecule has 0 aromatic rings. The summed E-state index contributed by atoms with van der Waals surface area (Å²) in [6.07, 6.45) is 35.8. The number of carboxylic acids is 2. The Kier molecular flexibility index (Phi) is 45.0. The normalized spacial score (nSPS) is 10.4. The third-order valence-corrected chi connectivity index (χ3v) is 6.99. The van der Waals surface area contributed by atoms with Gasteiger partial charge in [-0.05, 0) is 12.8 Å². The monoisotopic (exact) mass is 557 g/mol. The van der Waals surface area contributed by atoms with Crippen molar-refractivity contribution in [1.82, 2.24) is 0 Å². The Morgan fingerprint density at radius 3 is 0.641 bits per heavy atom. The molecule has 0 atom stereocenters. The molecule has 0 fully saturated rings. The molecule has 0 aliphatic rings. The number of unbranched alkanes of at least 4 members (excludes halogenated alkanes) is 24. The molecule has 236 valence electrons. The van der Waals surface area contributed by atoms with E-state index in [1.807, 2.05) is 0 Å². The number of rotatable bonds is 28. The van der Waals surface area contributed by atoms with Gasteiger partial charge >= 0.3 is 11.9 Å². The van der Waals surface area contributed by atoms with Crippen LogP contribution >= 0.6 is 0 Å². The molecule has 0 aromatic heterocycles. The van der Waals surface area contributed by atoms with Gasteiger partial charge in [0, 0.05) is 12.8 Å². The van der Waals surface area contributed by atoms with Crippen molar-refractivity contribution in [3.05, 3.63) is 0 Å². The highest BCUT2D eigenvalue weighted by molar-refractivity contribution is 5.66. The molecule has 0 bridgehead atoms. The molecule has 39 heavy (non-hydrogen) atoms. The minimum Gasteiger partial charge on any atom is -0.481 e. The Balaban J connectivity index is -0.000000603. The molecule has 0 rings (SSSR count). The van der Waals surface area contributed by atoms with Gasteiger partial charge in [0.05, 0.1) is 0 Å². The van der Waals surface area contributed by atoms with Crippen molar-refractivity contribution in [2.45, 2.75) is 214 Å². The van der Waals surface area contributed by atoms with E-state index in [1.165, 1.54) is 148 Å². The second-order valence-corrected chi connectivity index (χ2v) is 11.5. The number of carboxylic acid groups (broad SMARTS) is 2. The van der Waals surface area contributed by atoms with Crippen molar-refractivity contribution in [1.29, 1.82) is 0 Å². The maximum Gasteiger partial charge on any atom is 0.303 e. The van der Waals surface area contributed by atoms with Gasteiger partial charge in [0.15, 0.2) is 0 Å². The van der Waals surface area contributed by atoms with Gasteiger partial charge in [0.25, 0.3) is 0 Å². The first-order chi connectivity index (χ1) is 19.0. The summed E-state index contributed by atoms with van der Waals surface area (Å²) < 4.78 is 0. The smallest absolute Gasteiger partial charge is 0.303 e. The van der Waals surface area contributed by atoms with Gasteiger partial charge in [-0.25, -0.2) is 0 Å². The SMILES string of the molecule is CCC.CCCCCCCCCCCCCCCC(=O)O.CCCCCCCCCCCCCCCC(=O)O. The van der Waals surface area contributed by atoms with Crippen molar-refractivity contribution in [3.63, 3.8) is 0 Å². The summed E-state index contributed by atoms with van der Waals surface area (Å²) in [6.45, 7) is 8.77. The van der Waals surface area contributed by atoms with Crippen LogP contribution in [-0.2, 0) is 9.59 Å². The molecule has 0 spiro atoms. The Labute approximate surface area is 245 Å². The lowest BCUT2D eigenvalue weighted by molar-refractivity contribution is -0.138. The van der Waals surface area contributed by atoms with Crippen molar-refractivity contribution in [3.8, 4) is 0 Å². The van der Waals surface area contributed by atoms with Crippen LogP contribution in [0.2, 0.25) is 0 Å². The fraction of sp³-hybridized carbons (Fsp3) is 0.943. The van der Waals surface area contributed by atoms with Crippen LogP contribution in [-0.4, -0.2) is 22.2 Å². The molecule has 0 aliphatic heterocycles. The lowest BCUT2D eigenvalue weighted by atomic mass is 10.0. The van der Waals surface area contributed by atoms with Gasteiger partial charge in [0.2, 0.25) is 0 Å². The lowest BCUT2D eigenvalue weighted by Crippen LogP contribution is -1.93. The Bertz CT molecular complexity index is 410. The molecular formula is C35H72O4. The average molecular weight is 557 g/mol. The summed E-state index contributed by atoms with van der Waals surface area (Å²) >= 11 is 0. The van der Waals surface area contributed by atoms with E-state index >= 15 is 0 Å². The summed E-state index contributed by atoms with van der Waals surface area (Å²) in [5.74, 6) is -1.31. The third-order valence-electron chi connectivity index (χ3n) is 6.99. The summed E-state index contributed by atoms with van der Waals surface area (Å²) in [6, 6.07) is 0. The van der Waals surface area contributed by atoms with E-state index < -0.39 is 11.9 Å². The Hall–Kier alpha value is -1.06. The second-order valence-electron chi connectivity index (χ2n) is 11.5. The van der Waals surface area contributed by atoms with Crippen LogP contribution in [0.1, 0.15) is 214 Å². The largest absolute Gasteiger partial charge is 0.481 e. The standard InChI is InChI=1S/2C16H32O2.C3H8/c2*1-2-3-4-5-6-7-8-9-10-11-12-13-14-15-16(17)18;1-3-2/h2*2-15H2,1H3,(H,17,18);3H2,1-2H3. The van der Waals surface area contributed by atoms with Gasteiger partial charge in [0.1, 0.15) is 0 Å². The first-order valence-electron chi connectivity index (χ1n) is 17.4. The predicted octanol–water partition coefficient (Wildman–Crippen LogP) is 12.5. The quantitative estimate of drug-likeness (QED) is 0.0939. The molecule has 0 amide bonds. The number of hydrogen-bond donors (Lipinski definition) is 2. The molecule has 0 saturated heterocycles. The highest BCUT2D eigenvalue weighted by Gasteiger charge is 1.98. The number of hydrogen-bond acceptors (Lipinski definition) is 2. The van der Waals surface area contributed by atoms with E-state index in [4.69, 9.17) is 10.2 Å². The van der Waals surface area contributed by atoms with Crippen LogP contribution in [0.3, 0.4) is 0 Å². The number of carbonyl (C=O) groups is 2.